The van der Waals surface area contributed by atoms with Crippen molar-refractivity contribution in [3.8, 4) is 11.5 Å². The van der Waals surface area contributed by atoms with E-state index in [-0.39, 0.29) is 22.9 Å². The predicted octanol–water partition coefficient (Wildman–Crippen LogP) is 4.18. The Balaban J connectivity index is 2.15. The number of hydrogen-bond donors (Lipinski definition) is 1. The summed E-state index contributed by atoms with van der Waals surface area (Å²) in [7, 11) is 3.05. The van der Waals surface area contributed by atoms with Gasteiger partial charge in [-0.3, -0.25) is 4.79 Å². The molecular weight excluding hydrogens is 324 g/mol. The molecule has 0 aliphatic heterocycles. The lowest BCUT2D eigenvalue weighted by atomic mass is 10.0. The van der Waals surface area contributed by atoms with Crippen molar-refractivity contribution in [3.63, 3.8) is 0 Å². The van der Waals surface area contributed by atoms with Crippen LogP contribution in [0.5, 0.6) is 11.5 Å². The van der Waals surface area contributed by atoms with Gasteiger partial charge in [-0.1, -0.05) is 31.2 Å². The van der Waals surface area contributed by atoms with Gasteiger partial charge in [0.25, 0.3) is 0 Å². The number of thioether (sulfide) groups is 1. The molecule has 4 nitrogen and oxygen atoms in total. The molecule has 0 aromatic heterocycles. The molecule has 0 heterocycles. The zero-order valence-corrected chi connectivity index (χ0v) is 14.9. The Bertz CT molecular complexity index is 652. The number of carbonyl (C=O) groups is 1. The van der Waals surface area contributed by atoms with Gasteiger partial charge in [0.1, 0.15) is 11.5 Å². The van der Waals surface area contributed by atoms with E-state index in [1.165, 1.54) is 7.11 Å². The van der Waals surface area contributed by atoms with Crippen LogP contribution in [0.25, 0.3) is 0 Å². The topological polar surface area (TPSA) is 55.8 Å². The maximum atomic E-state index is 12.0. The fourth-order valence-electron chi connectivity index (χ4n) is 2.41. The molecule has 0 aliphatic carbocycles. The van der Waals surface area contributed by atoms with E-state index in [4.69, 9.17) is 9.47 Å². The molecule has 2 aromatic carbocycles. The summed E-state index contributed by atoms with van der Waals surface area (Å²) >= 11 is 1.68. The molecule has 0 spiro atoms. The van der Waals surface area contributed by atoms with E-state index in [1.54, 1.807) is 31.0 Å². The molecule has 0 radical (unpaired) electrons. The van der Waals surface area contributed by atoms with Crippen molar-refractivity contribution in [2.24, 2.45) is 5.92 Å². The lowest BCUT2D eigenvalue weighted by molar-refractivity contribution is -0.144. The molecular formula is C19H22O4S. The van der Waals surface area contributed by atoms with E-state index in [9.17, 15) is 9.90 Å². The number of esters is 1. The van der Waals surface area contributed by atoms with E-state index in [1.807, 2.05) is 43.3 Å². The van der Waals surface area contributed by atoms with Gasteiger partial charge in [-0.25, -0.2) is 0 Å². The summed E-state index contributed by atoms with van der Waals surface area (Å²) in [5.41, 5.74) is 2.14. The minimum atomic E-state index is -0.289. The van der Waals surface area contributed by atoms with E-state index in [0.717, 1.165) is 22.6 Å². The van der Waals surface area contributed by atoms with Crippen molar-refractivity contribution in [2.45, 2.75) is 17.9 Å². The fourth-order valence-corrected chi connectivity index (χ4v) is 3.72. The van der Waals surface area contributed by atoms with E-state index in [0.29, 0.717) is 0 Å². The van der Waals surface area contributed by atoms with Gasteiger partial charge in [0.05, 0.1) is 20.1 Å². The Morgan fingerprint density at radius 2 is 1.71 bits per heavy atom. The largest absolute Gasteiger partial charge is 0.508 e. The third kappa shape index (κ3) is 4.68. The van der Waals surface area contributed by atoms with Crippen LogP contribution >= 0.6 is 11.8 Å². The van der Waals surface area contributed by atoms with Crippen LogP contribution in [0.1, 0.15) is 23.3 Å². The maximum Gasteiger partial charge on any atom is 0.309 e. The van der Waals surface area contributed by atoms with E-state index in [2.05, 4.69) is 0 Å². The maximum absolute atomic E-state index is 12.0. The predicted molar refractivity (Wildman–Crippen MR) is 96.3 cm³/mol. The number of phenols is 1. The van der Waals surface area contributed by atoms with Crippen molar-refractivity contribution in [1.29, 1.82) is 0 Å². The van der Waals surface area contributed by atoms with Gasteiger partial charge in [0.15, 0.2) is 0 Å². The SMILES string of the molecule is COC(=O)C(C)C(SCc1ccc(OC)cc1)c1ccc(O)cc1. The second-order valence-electron chi connectivity index (χ2n) is 5.48. The zero-order chi connectivity index (χ0) is 17.5. The van der Waals surface area contributed by atoms with Crippen LogP contribution in [0.3, 0.4) is 0 Å². The molecule has 0 saturated carbocycles. The van der Waals surface area contributed by atoms with Gasteiger partial charge < -0.3 is 14.6 Å². The Morgan fingerprint density at radius 3 is 2.25 bits per heavy atom. The lowest BCUT2D eigenvalue weighted by Crippen LogP contribution is -2.19. The first-order valence-electron chi connectivity index (χ1n) is 7.66. The van der Waals surface area contributed by atoms with Crippen molar-refractivity contribution < 1.29 is 19.4 Å². The third-order valence-corrected chi connectivity index (χ3v) is 5.38. The monoisotopic (exact) mass is 346 g/mol. The molecule has 0 saturated heterocycles. The molecule has 24 heavy (non-hydrogen) atoms. The number of phenolic OH excluding ortho intramolecular Hbond substituents is 1. The van der Waals surface area contributed by atoms with Crippen LogP contribution in [0.2, 0.25) is 0 Å². The standard InChI is InChI=1S/C19H22O4S/c1-13(19(21)23-3)18(15-6-8-16(20)9-7-15)24-12-14-4-10-17(22-2)11-5-14/h4-11,13,18,20H,12H2,1-3H3. The summed E-state index contributed by atoms with van der Waals surface area (Å²) in [6, 6.07) is 14.9. The number of ether oxygens (including phenoxy) is 2. The van der Waals surface area contributed by atoms with Crippen molar-refractivity contribution in [2.75, 3.05) is 14.2 Å². The van der Waals surface area contributed by atoms with Gasteiger partial charge in [0.2, 0.25) is 0 Å². The molecule has 5 heteroatoms. The van der Waals surface area contributed by atoms with Crippen LogP contribution < -0.4 is 4.74 Å². The molecule has 2 atom stereocenters. The minimum absolute atomic E-state index is 0.0554. The number of aromatic hydroxyl groups is 1. The van der Waals surface area contributed by atoms with Crippen molar-refractivity contribution in [1.82, 2.24) is 0 Å². The second kappa shape index (κ2) is 8.64. The Labute approximate surface area is 146 Å². The quantitative estimate of drug-likeness (QED) is 0.762. The molecule has 0 bridgehead atoms. The Hall–Kier alpha value is -2.14. The van der Waals surface area contributed by atoms with Crippen LogP contribution in [0, 0.1) is 5.92 Å². The highest BCUT2D eigenvalue weighted by Crippen LogP contribution is 2.39. The van der Waals surface area contributed by atoms with E-state index >= 15 is 0 Å². The van der Waals surface area contributed by atoms with Gasteiger partial charge >= 0.3 is 5.97 Å². The number of carbonyl (C=O) groups excluding carboxylic acids is 1. The third-order valence-electron chi connectivity index (χ3n) is 3.84. The zero-order valence-electron chi connectivity index (χ0n) is 14.1. The molecule has 0 fully saturated rings. The van der Waals surface area contributed by atoms with Gasteiger partial charge in [-0.2, -0.15) is 0 Å². The summed E-state index contributed by atoms with van der Waals surface area (Å²) in [5, 5.41) is 9.42. The molecule has 2 aromatic rings. The first kappa shape index (κ1) is 18.2. The summed E-state index contributed by atoms with van der Waals surface area (Å²) in [5.74, 6) is 1.26. The molecule has 2 unspecified atom stereocenters. The van der Waals surface area contributed by atoms with Crippen LogP contribution in [-0.2, 0) is 15.3 Å². The number of hydrogen-bond acceptors (Lipinski definition) is 5. The molecule has 128 valence electrons. The fraction of sp³-hybridized carbons (Fsp3) is 0.316. The Kier molecular flexibility index (Phi) is 6.55. The van der Waals surface area contributed by atoms with Gasteiger partial charge in [-0.05, 0) is 35.4 Å². The van der Waals surface area contributed by atoms with Gasteiger partial charge in [-0.15, -0.1) is 11.8 Å². The summed E-state index contributed by atoms with van der Waals surface area (Å²) in [6.45, 7) is 1.87. The highest BCUT2D eigenvalue weighted by molar-refractivity contribution is 7.98. The summed E-state index contributed by atoms with van der Waals surface area (Å²) in [4.78, 5) is 12.0. The number of benzene rings is 2. The highest BCUT2D eigenvalue weighted by atomic mass is 32.2. The van der Waals surface area contributed by atoms with E-state index < -0.39 is 0 Å². The lowest BCUT2D eigenvalue weighted by Gasteiger charge is -2.22. The second-order valence-corrected chi connectivity index (χ2v) is 6.61. The van der Waals surface area contributed by atoms with Gasteiger partial charge in [0, 0.05) is 11.0 Å². The molecule has 0 amide bonds. The summed E-state index contributed by atoms with van der Waals surface area (Å²) in [6.07, 6.45) is 0. The minimum Gasteiger partial charge on any atom is -0.508 e. The van der Waals surface area contributed by atoms with Crippen molar-refractivity contribution >= 4 is 17.7 Å². The molecule has 2 rings (SSSR count). The summed E-state index contributed by atoms with van der Waals surface area (Å²) < 4.78 is 10.1. The molecule has 1 N–H and O–H groups in total. The van der Waals surface area contributed by atoms with Crippen LogP contribution in [0.15, 0.2) is 48.5 Å². The number of rotatable bonds is 7. The smallest absolute Gasteiger partial charge is 0.309 e. The average molecular weight is 346 g/mol. The first-order chi connectivity index (χ1) is 11.5. The van der Waals surface area contributed by atoms with Crippen LogP contribution in [0.4, 0.5) is 0 Å². The van der Waals surface area contributed by atoms with Crippen LogP contribution in [-0.4, -0.2) is 25.3 Å². The number of methoxy groups -OCH3 is 2. The van der Waals surface area contributed by atoms with Crippen molar-refractivity contribution in [3.05, 3.63) is 59.7 Å². The highest BCUT2D eigenvalue weighted by Gasteiger charge is 2.26. The molecule has 0 aliphatic rings. The first-order valence-corrected chi connectivity index (χ1v) is 8.71. The average Bonchev–Trinajstić information content (AvgIpc) is 2.62. The normalized spacial score (nSPS) is 13.1. The Morgan fingerprint density at radius 1 is 1.08 bits per heavy atom.